The highest BCUT2D eigenvalue weighted by atomic mass is 19.1. The van der Waals surface area contributed by atoms with Crippen molar-refractivity contribution >= 4 is 11.4 Å². The van der Waals surface area contributed by atoms with Crippen molar-refractivity contribution in [3.8, 4) is 0 Å². The van der Waals surface area contributed by atoms with Crippen LogP contribution in [0.4, 0.5) is 20.2 Å². The first kappa shape index (κ1) is 14.3. The molecule has 1 aromatic carbocycles. The summed E-state index contributed by atoms with van der Waals surface area (Å²) >= 11 is 0. The molecule has 0 aliphatic carbocycles. The van der Waals surface area contributed by atoms with Gasteiger partial charge in [-0.3, -0.25) is 10.1 Å². The van der Waals surface area contributed by atoms with E-state index in [1.54, 1.807) is 13.8 Å². The summed E-state index contributed by atoms with van der Waals surface area (Å²) in [6.07, 6.45) is 0. The molecule has 0 aromatic heterocycles. The molecular formula is C11H14F2N2O3. The van der Waals surface area contributed by atoms with E-state index < -0.39 is 33.5 Å². The van der Waals surface area contributed by atoms with Gasteiger partial charge in [-0.1, -0.05) is 0 Å². The van der Waals surface area contributed by atoms with Crippen molar-refractivity contribution < 1.29 is 18.4 Å². The van der Waals surface area contributed by atoms with E-state index in [-0.39, 0.29) is 6.54 Å². The molecule has 0 spiro atoms. The van der Waals surface area contributed by atoms with Crippen LogP contribution in [0.1, 0.15) is 13.8 Å². The lowest BCUT2D eigenvalue weighted by Crippen LogP contribution is -2.32. The van der Waals surface area contributed by atoms with E-state index in [0.29, 0.717) is 12.1 Å². The minimum Gasteiger partial charge on any atom is -0.377 e. The number of anilines is 1. The summed E-state index contributed by atoms with van der Waals surface area (Å²) in [4.78, 5) is 9.56. The Hall–Kier alpha value is -1.76. The highest BCUT2D eigenvalue weighted by Crippen LogP contribution is 2.25. The molecule has 0 atom stereocenters. The van der Waals surface area contributed by atoms with Crippen molar-refractivity contribution in [2.24, 2.45) is 0 Å². The number of nitrogens with one attached hydrogen (secondary N) is 1. The van der Waals surface area contributed by atoms with Gasteiger partial charge in [-0.25, -0.2) is 8.78 Å². The van der Waals surface area contributed by atoms with Gasteiger partial charge in [0.05, 0.1) is 22.7 Å². The first-order valence-electron chi connectivity index (χ1n) is 5.19. The predicted octanol–water partition coefficient (Wildman–Crippen LogP) is 2.71. The van der Waals surface area contributed by atoms with E-state index in [4.69, 9.17) is 4.74 Å². The smallest absolute Gasteiger partial charge is 0.275 e. The second-order valence-electron chi connectivity index (χ2n) is 4.36. The number of benzene rings is 1. The second-order valence-corrected chi connectivity index (χ2v) is 4.36. The molecule has 0 unspecified atom stereocenters. The third kappa shape index (κ3) is 3.36. The summed E-state index contributed by atoms with van der Waals surface area (Å²) in [6.45, 7) is 3.64. The first-order chi connectivity index (χ1) is 8.26. The summed E-state index contributed by atoms with van der Waals surface area (Å²) in [6, 6.07) is 1.34. The van der Waals surface area contributed by atoms with Gasteiger partial charge >= 0.3 is 0 Å². The van der Waals surface area contributed by atoms with Gasteiger partial charge in [0.25, 0.3) is 5.69 Å². The maximum absolute atomic E-state index is 13.5. The molecule has 0 aliphatic heterocycles. The SMILES string of the molecule is COC(C)(C)CNc1c(F)cc([N+](=O)[O-])cc1F. The minimum atomic E-state index is -1.01. The molecule has 0 bridgehead atoms. The Morgan fingerprint density at radius 1 is 1.39 bits per heavy atom. The van der Waals surface area contributed by atoms with E-state index >= 15 is 0 Å². The third-order valence-corrected chi connectivity index (χ3v) is 2.48. The largest absolute Gasteiger partial charge is 0.377 e. The number of halogens is 2. The molecule has 0 heterocycles. The summed E-state index contributed by atoms with van der Waals surface area (Å²) in [5, 5.41) is 13.0. The van der Waals surface area contributed by atoms with E-state index in [0.717, 1.165) is 0 Å². The van der Waals surface area contributed by atoms with Crippen molar-refractivity contribution in [3.05, 3.63) is 33.9 Å². The predicted molar refractivity (Wildman–Crippen MR) is 62.6 cm³/mol. The lowest BCUT2D eigenvalue weighted by molar-refractivity contribution is -0.385. The quantitative estimate of drug-likeness (QED) is 0.653. The van der Waals surface area contributed by atoms with Crippen LogP contribution in [0.5, 0.6) is 0 Å². The summed E-state index contributed by atoms with van der Waals surface area (Å²) in [5.74, 6) is -2.01. The molecule has 0 fully saturated rings. The number of methoxy groups -OCH3 is 1. The van der Waals surface area contributed by atoms with Crippen molar-refractivity contribution in [1.82, 2.24) is 0 Å². The van der Waals surface area contributed by atoms with Crippen LogP contribution < -0.4 is 5.32 Å². The number of ether oxygens (including phenoxy) is 1. The zero-order chi connectivity index (χ0) is 13.9. The van der Waals surface area contributed by atoms with Crippen LogP contribution in [0, 0.1) is 21.7 Å². The average Bonchev–Trinajstić information content (AvgIpc) is 2.27. The molecule has 7 heteroatoms. The Labute approximate surface area is 103 Å². The zero-order valence-electron chi connectivity index (χ0n) is 10.3. The van der Waals surface area contributed by atoms with E-state index in [2.05, 4.69) is 5.32 Å². The van der Waals surface area contributed by atoms with Gasteiger partial charge in [0.2, 0.25) is 0 Å². The van der Waals surface area contributed by atoms with Gasteiger partial charge < -0.3 is 10.1 Å². The molecule has 1 N–H and O–H groups in total. The van der Waals surface area contributed by atoms with Crippen LogP contribution in [0.3, 0.4) is 0 Å². The van der Waals surface area contributed by atoms with Gasteiger partial charge in [0.15, 0.2) is 11.6 Å². The third-order valence-electron chi connectivity index (χ3n) is 2.48. The van der Waals surface area contributed by atoms with Gasteiger partial charge in [0, 0.05) is 13.7 Å². The highest BCUT2D eigenvalue weighted by molar-refractivity contribution is 5.51. The molecule has 0 radical (unpaired) electrons. The van der Waals surface area contributed by atoms with Crippen molar-refractivity contribution in [1.29, 1.82) is 0 Å². The van der Waals surface area contributed by atoms with Crippen LogP contribution in [-0.4, -0.2) is 24.2 Å². The molecule has 100 valence electrons. The molecule has 5 nitrogen and oxygen atoms in total. The lowest BCUT2D eigenvalue weighted by Gasteiger charge is -2.24. The van der Waals surface area contributed by atoms with Crippen LogP contribution in [-0.2, 0) is 4.74 Å². The maximum Gasteiger partial charge on any atom is 0.275 e. The standard InChI is InChI=1S/C11H14F2N2O3/c1-11(2,18-3)6-14-10-8(12)4-7(15(16)17)5-9(10)13/h4-5,14H,6H2,1-3H3. The van der Waals surface area contributed by atoms with Crippen LogP contribution in [0.2, 0.25) is 0 Å². The second kappa shape index (κ2) is 5.26. The molecular weight excluding hydrogens is 246 g/mol. The zero-order valence-corrected chi connectivity index (χ0v) is 10.3. The molecule has 1 rings (SSSR count). The normalized spacial score (nSPS) is 11.4. The van der Waals surface area contributed by atoms with Crippen LogP contribution >= 0.6 is 0 Å². The number of non-ortho nitro benzene ring substituents is 1. The number of nitro benzene ring substituents is 1. The Morgan fingerprint density at radius 3 is 2.28 bits per heavy atom. The van der Waals surface area contributed by atoms with E-state index in [1.807, 2.05) is 0 Å². The van der Waals surface area contributed by atoms with E-state index in [9.17, 15) is 18.9 Å². The summed E-state index contributed by atoms with van der Waals surface area (Å²) in [5.41, 5.74) is -1.63. The topological polar surface area (TPSA) is 64.4 Å². The number of nitrogens with zero attached hydrogens (tertiary/aromatic N) is 1. The molecule has 0 amide bonds. The summed E-state index contributed by atoms with van der Waals surface area (Å²) < 4.78 is 32.1. The molecule has 1 aromatic rings. The van der Waals surface area contributed by atoms with Crippen LogP contribution in [0.15, 0.2) is 12.1 Å². The highest BCUT2D eigenvalue weighted by Gasteiger charge is 2.20. The Morgan fingerprint density at radius 2 is 1.89 bits per heavy atom. The number of nitro groups is 1. The fourth-order valence-electron chi connectivity index (χ4n) is 1.21. The molecule has 0 saturated carbocycles. The van der Waals surface area contributed by atoms with E-state index in [1.165, 1.54) is 7.11 Å². The van der Waals surface area contributed by atoms with Crippen LogP contribution in [0.25, 0.3) is 0 Å². The van der Waals surface area contributed by atoms with Gasteiger partial charge in [-0.2, -0.15) is 0 Å². The van der Waals surface area contributed by atoms with Gasteiger partial charge in [-0.05, 0) is 13.8 Å². The first-order valence-corrected chi connectivity index (χ1v) is 5.19. The summed E-state index contributed by atoms with van der Waals surface area (Å²) in [7, 11) is 1.48. The fourth-order valence-corrected chi connectivity index (χ4v) is 1.21. The fraction of sp³-hybridized carbons (Fsp3) is 0.455. The monoisotopic (exact) mass is 260 g/mol. The number of hydrogen-bond acceptors (Lipinski definition) is 4. The molecule has 0 aliphatic rings. The Kier molecular flexibility index (Phi) is 4.18. The van der Waals surface area contributed by atoms with Crippen molar-refractivity contribution in [2.45, 2.75) is 19.4 Å². The minimum absolute atomic E-state index is 0.162. The van der Waals surface area contributed by atoms with Gasteiger partial charge in [0.1, 0.15) is 5.69 Å². The lowest BCUT2D eigenvalue weighted by atomic mass is 10.1. The Bertz CT molecular complexity index is 441. The average molecular weight is 260 g/mol. The van der Waals surface area contributed by atoms with Crippen molar-refractivity contribution in [2.75, 3.05) is 19.0 Å². The number of rotatable bonds is 5. The molecule has 18 heavy (non-hydrogen) atoms. The molecule has 0 saturated heterocycles. The Balaban J connectivity index is 2.94. The number of hydrogen-bond donors (Lipinski definition) is 1. The maximum atomic E-state index is 13.5. The van der Waals surface area contributed by atoms with Gasteiger partial charge in [-0.15, -0.1) is 0 Å². The van der Waals surface area contributed by atoms with Crippen molar-refractivity contribution in [3.63, 3.8) is 0 Å².